The van der Waals surface area contributed by atoms with Crippen molar-refractivity contribution < 1.29 is 14.3 Å². The van der Waals surface area contributed by atoms with Crippen LogP contribution >= 0.6 is 12.2 Å². The Morgan fingerprint density at radius 1 is 1.35 bits per heavy atom. The van der Waals surface area contributed by atoms with Gasteiger partial charge in [0.1, 0.15) is 0 Å². The van der Waals surface area contributed by atoms with Crippen molar-refractivity contribution in [2.75, 3.05) is 13.7 Å². The number of ketones is 1. The lowest BCUT2D eigenvalue weighted by molar-refractivity contribution is -0.114. The fourth-order valence-electron chi connectivity index (χ4n) is 3.20. The third kappa shape index (κ3) is 4.18. The van der Waals surface area contributed by atoms with Crippen molar-refractivity contribution >= 4 is 23.1 Å². The van der Waals surface area contributed by atoms with Gasteiger partial charge in [0.05, 0.1) is 19.3 Å². The molecular formula is C20H28N2O3S. The van der Waals surface area contributed by atoms with Crippen LogP contribution in [0, 0.1) is 0 Å². The number of rotatable bonds is 7. The molecule has 0 aliphatic carbocycles. The summed E-state index contributed by atoms with van der Waals surface area (Å²) in [5, 5.41) is 3.97. The molecule has 1 aliphatic rings. The minimum Gasteiger partial charge on any atom is -0.493 e. The molecule has 26 heavy (non-hydrogen) atoms. The van der Waals surface area contributed by atoms with Gasteiger partial charge in [-0.3, -0.25) is 4.79 Å². The third-order valence-electron chi connectivity index (χ3n) is 4.31. The van der Waals surface area contributed by atoms with Crippen molar-refractivity contribution in [3.05, 3.63) is 35.0 Å². The molecule has 1 aromatic rings. The number of hydrogen-bond acceptors (Lipinski definition) is 4. The van der Waals surface area contributed by atoms with Crippen LogP contribution in [0.5, 0.6) is 11.5 Å². The number of benzene rings is 1. The van der Waals surface area contributed by atoms with Crippen LogP contribution < -0.4 is 14.8 Å². The predicted octanol–water partition coefficient (Wildman–Crippen LogP) is 3.99. The van der Waals surface area contributed by atoms with E-state index in [-0.39, 0.29) is 17.9 Å². The van der Waals surface area contributed by atoms with E-state index in [0.29, 0.717) is 16.6 Å². The summed E-state index contributed by atoms with van der Waals surface area (Å²) in [6.45, 7) is 10.4. The molecule has 0 saturated carbocycles. The summed E-state index contributed by atoms with van der Waals surface area (Å²) >= 11 is 5.55. The maximum absolute atomic E-state index is 12.4. The van der Waals surface area contributed by atoms with Crippen molar-refractivity contribution in [3.63, 3.8) is 0 Å². The number of Topliss-reactive ketones (excluding diaryl/α,β-unsaturated/α-hetero) is 1. The minimum atomic E-state index is -0.298. The van der Waals surface area contributed by atoms with E-state index in [1.807, 2.05) is 43.9 Å². The number of carbonyl (C=O) groups excluding carboxylic acids is 1. The van der Waals surface area contributed by atoms with E-state index in [4.69, 9.17) is 21.7 Å². The van der Waals surface area contributed by atoms with E-state index in [1.165, 1.54) is 0 Å². The van der Waals surface area contributed by atoms with Gasteiger partial charge in [0.2, 0.25) is 0 Å². The summed E-state index contributed by atoms with van der Waals surface area (Å²) in [5.74, 6) is 1.36. The van der Waals surface area contributed by atoms with Crippen LogP contribution in [0.15, 0.2) is 29.5 Å². The molecule has 0 spiro atoms. The van der Waals surface area contributed by atoms with E-state index in [0.717, 1.165) is 29.8 Å². The highest BCUT2D eigenvalue weighted by Gasteiger charge is 2.32. The number of ether oxygens (including phenoxy) is 2. The van der Waals surface area contributed by atoms with E-state index in [9.17, 15) is 4.79 Å². The van der Waals surface area contributed by atoms with Crippen LogP contribution in [0.25, 0.3) is 0 Å². The average molecular weight is 377 g/mol. The second-order valence-corrected chi connectivity index (χ2v) is 7.05. The Balaban J connectivity index is 2.52. The summed E-state index contributed by atoms with van der Waals surface area (Å²) in [6, 6.07) is 5.43. The zero-order valence-corrected chi connectivity index (χ0v) is 17.2. The van der Waals surface area contributed by atoms with Crippen molar-refractivity contribution in [1.82, 2.24) is 10.2 Å². The predicted molar refractivity (Wildman–Crippen MR) is 108 cm³/mol. The molecule has 0 fully saturated rings. The molecule has 0 aromatic heterocycles. The second-order valence-electron chi connectivity index (χ2n) is 6.67. The highest BCUT2D eigenvalue weighted by molar-refractivity contribution is 7.80. The summed E-state index contributed by atoms with van der Waals surface area (Å²) < 4.78 is 11.3. The molecule has 1 N–H and O–H groups in total. The lowest BCUT2D eigenvalue weighted by Gasteiger charge is -2.37. The lowest BCUT2D eigenvalue weighted by Crippen LogP contribution is -2.47. The van der Waals surface area contributed by atoms with E-state index in [1.54, 1.807) is 14.0 Å². The molecule has 1 heterocycles. The van der Waals surface area contributed by atoms with Crippen molar-refractivity contribution in [2.24, 2.45) is 0 Å². The normalized spacial score (nSPS) is 17.4. The summed E-state index contributed by atoms with van der Waals surface area (Å²) in [7, 11) is 1.61. The van der Waals surface area contributed by atoms with Gasteiger partial charge in [-0.05, 0) is 64.0 Å². The number of allylic oxidation sites excluding steroid dienone is 1. The van der Waals surface area contributed by atoms with Gasteiger partial charge in [0, 0.05) is 17.8 Å². The Morgan fingerprint density at radius 2 is 2.04 bits per heavy atom. The Kier molecular flexibility index (Phi) is 6.64. The minimum absolute atomic E-state index is 0.0177. The molecule has 1 atom stereocenters. The average Bonchev–Trinajstić information content (AvgIpc) is 2.57. The monoisotopic (exact) mass is 376 g/mol. The Bertz CT molecular complexity index is 728. The first-order valence-electron chi connectivity index (χ1n) is 8.94. The summed E-state index contributed by atoms with van der Waals surface area (Å²) in [5.41, 5.74) is 2.56. The van der Waals surface area contributed by atoms with Crippen LogP contribution in [-0.2, 0) is 4.79 Å². The van der Waals surface area contributed by atoms with Gasteiger partial charge < -0.3 is 19.7 Å². The van der Waals surface area contributed by atoms with Gasteiger partial charge in [-0.1, -0.05) is 13.0 Å². The summed E-state index contributed by atoms with van der Waals surface area (Å²) in [4.78, 5) is 14.4. The first-order valence-corrected chi connectivity index (χ1v) is 9.35. The molecule has 0 bridgehead atoms. The van der Waals surface area contributed by atoms with Crippen LogP contribution in [0.2, 0.25) is 0 Å². The van der Waals surface area contributed by atoms with Crippen molar-refractivity contribution in [1.29, 1.82) is 0 Å². The van der Waals surface area contributed by atoms with Crippen LogP contribution in [0.3, 0.4) is 0 Å². The molecule has 0 saturated heterocycles. The topological polar surface area (TPSA) is 50.8 Å². The van der Waals surface area contributed by atoms with Gasteiger partial charge >= 0.3 is 0 Å². The zero-order chi connectivity index (χ0) is 19.4. The molecule has 142 valence electrons. The molecular weight excluding hydrogens is 348 g/mol. The second kappa shape index (κ2) is 8.54. The number of thiocarbonyl (C=S) groups is 1. The van der Waals surface area contributed by atoms with Gasteiger partial charge in [0.25, 0.3) is 0 Å². The number of nitrogens with zero attached hydrogens (tertiary/aromatic N) is 1. The highest BCUT2D eigenvalue weighted by Crippen LogP contribution is 2.36. The van der Waals surface area contributed by atoms with E-state index in [2.05, 4.69) is 12.2 Å². The molecule has 1 unspecified atom stereocenters. The fraction of sp³-hybridized carbons (Fsp3) is 0.500. The Morgan fingerprint density at radius 3 is 2.58 bits per heavy atom. The quantitative estimate of drug-likeness (QED) is 0.726. The maximum Gasteiger partial charge on any atom is 0.173 e. The van der Waals surface area contributed by atoms with Gasteiger partial charge in [-0.2, -0.15) is 0 Å². The number of methoxy groups -OCH3 is 1. The molecule has 1 aliphatic heterocycles. The summed E-state index contributed by atoms with van der Waals surface area (Å²) in [6.07, 6.45) is 0.966. The fourth-order valence-corrected chi connectivity index (χ4v) is 3.55. The highest BCUT2D eigenvalue weighted by atomic mass is 32.1. The van der Waals surface area contributed by atoms with Crippen LogP contribution in [0.1, 0.15) is 52.6 Å². The number of hydrogen-bond donors (Lipinski definition) is 1. The van der Waals surface area contributed by atoms with Crippen LogP contribution in [0.4, 0.5) is 0 Å². The Hall–Kier alpha value is -2.08. The van der Waals surface area contributed by atoms with Crippen LogP contribution in [-0.4, -0.2) is 35.6 Å². The first-order chi connectivity index (χ1) is 12.3. The molecule has 0 amide bonds. The number of nitrogens with one attached hydrogen (secondary N) is 1. The lowest BCUT2D eigenvalue weighted by atomic mass is 9.92. The molecule has 2 rings (SSSR count). The standard InChI is InChI=1S/C20H28N2O3S/c1-7-10-22-13(4)18(14(5)23)19(21-20(22)26)15-8-9-16(24-6)17(11-15)25-12(2)3/h8-9,11-12,19H,7,10H2,1-6H3,(H,21,26). The van der Waals surface area contributed by atoms with Gasteiger partial charge in [-0.15, -0.1) is 0 Å². The number of carbonyl (C=O) groups is 1. The van der Waals surface area contributed by atoms with Crippen molar-refractivity contribution in [3.8, 4) is 11.5 Å². The smallest absolute Gasteiger partial charge is 0.173 e. The van der Waals surface area contributed by atoms with Gasteiger partial charge in [-0.25, -0.2) is 0 Å². The van der Waals surface area contributed by atoms with Crippen molar-refractivity contribution in [2.45, 2.75) is 53.2 Å². The molecule has 0 radical (unpaired) electrons. The first kappa shape index (κ1) is 20.2. The molecule has 5 nitrogen and oxygen atoms in total. The maximum atomic E-state index is 12.4. The third-order valence-corrected chi connectivity index (χ3v) is 4.64. The molecule has 1 aromatic carbocycles. The van der Waals surface area contributed by atoms with Gasteiger partial charge in [0.15, 0.2) is 22.4 Å². The largest absolute Gasteiger partial charge is 0.493 e. The van der Waals surface area contributed by atoms with E-state index >= 15 is 0 Å². The van der Waals surface area contributed by atoms with E-state index < -0.39 is 0 Å². The SMILES string of the molecule is CCCN1C(=S)NC(c2ccc(OC)c(OC(C)C)c2)C(C(C)=O)=C1C. The Labute approximate surface area is 161 Å². The molecule has 6 heteroatoms. The zero-order valence-electron chi connectivity index (χ0n) is 16.4.